The van der Waals surface area contributed by atoms with Crippen LogP contribution in [0.2, 0.25) is 0 Å². The maximum atomic E-state index is 13.2. The molecule has 1 aliphatic heterocycles. The molecule has 1 fully saturated rings. The molecule has 5 nitrogen and oxygen atoms in total. The SMILES string of the molecule is CS(=O)(=O)N1CCc2cc(C(=O)NC3CCCCC3C(F)(F)F)ccc21. The Kier molecular flexibility index (Phi) is 4.94. The van der Waals surface area contributed by atoms with Gasteiger partial charge in [-0.05, 0) is 43.0 Å². The van der Waals surface area contributed by atoms with E-state index in [-0.39, 0.29) is 12.0 Å². The summed E-state index contributed by atoms with van der Waals surface area (Å²) in [5, 5.41) is 2.53. The van der Waals surface area contributed by atoms with Crippen molar-refractivity contribution in [2.75, 3.05) is 17.1 Å². The highest BCUT2D eigenvalue weighted by atomic mass is 32.2. The van der Waals surface area contributed by atoms with Crippen LogP contribution in [-0.4, -0.2) is 39.3 Å². The topological polar surface area (TPSA) is 66.5 Å². The second-order valence-corrected chi connectivity index (χ2v) is 8.85. The Morgan fingerprint density at radius 2 is 1.92 bits per heavy atom. The Morgan fingerprint density at radius 1 is 1.23 bits per heavy atom. The molecule has 0 saturated heterocycles. The molecule has 144 valence electrons. The van der Waals surface area contributed by atoms with E-state index in [2.05, 4.69) is 5.32 Å². The number of nitrogens with zero attached hydrogens (tertiary/aromatic N) is 1. The van der Waals surface area contributed by atoms with Crippen molar-refractivity contribution >= 4 is 21.6 Å². The van der Waals surface area contributed by atoms with E-state index in [1.165, 1.54) is 10.4 Å². The van der Waals surface area contributed by atoms with Crippen molar-refractivity contribution in [3.05, 3.63) is 29.3 Å². The van der Waals surface area contributed by atoms with Gasteiger partial charge in [0, 0.05) is 18.2 Å². The van der Waals surface area contributed by atoms with E-state index in [0.717, 1.165) is 6.26 Å². The van der Waals surface area contributed by atoms with Crippen molar-refractivity contribution in [2.45, 2.75) is 44.3 Å². The van der Waals surface area contributed by atoms with Gasteiger partial charge in [0.25, 0.3) is 5.91 Å². The fourth-order valence-electron chi connectivity index (χ4n) is 3.80. The van der Waals surface area contributed by atoms with E-state index < -0.39 is 34.1 Å². The van der Waals surface area contributed by atoms with Crippen LogP contribution in [0.3, 0.4) is 0 Å². The number of carbonyl (C=O) groups is 1. The fraction of sp³-hybridized carbons (Fsp3) is 0.588. The van der Waals surface area contributed by atoms with E-state index >= 15 is 0 Å². The van der Waals surface area contributed by atoms with Crippen LogP contribution in [0.4, 0.5) is 18.9 Å². The molecule has 0 aromatic heterocycles. The highest BCUT2D eigenvalue weighted by Gasteiger charge is 2.46. The number of carbonyl (C=O) groups excluding carboxylic acids is 1. The molecule has 26 heavy (non-hydrogen) atoms. The summed E-state index contributed by atoms with van der Waals surface area (Å²) in [6.45, 7) is 0.304. The first-order valence-corrected chi connectivity index (χ1v) is 10.4. The summed E-state index contributed by atoms with van der Waals surface area (Å²) in [5.74, 6) is -2.07. The first kappa shape index (κ1) is 19.0. The van der Waals surface area contributed by atoms with E-state index in [4.69, 9.17) is 0 Å². The lowest BCUT2D eigenvalue weighted by atomic mass is 9.84. The van der Waals surface area contributed by atoms with Crippen LogP contribution in [0.15, 0.2) is 18.2 Å². The predicted octanol–water partition coefficient (Wildman–Crippen LogP) is 2.86. The van der Waals surface area contributed by atoms with Crippen LogP contribution in [0.25, 0.3) is 0 Å². The number of benzene rings is 1. The summed E-state index contributed by atoms with van der Waals surface area (Å²) in [7, 11) is -3.39. The first-order valence-electron chi connectivity index (χ1n) is 8.55. The lowest BCUT2D eigenvalue weighted by Gasteiger charge is -2.33. The predicted molar refractivity (Wildman–Crippen MR) is 91.6 cm³/mol. The summed E-state index contributed by atoms with van der Waals surface area (Å²) in [6.07, 6.45) is -1.24. The van der Waals surface area contributed by atoms with Crippen molar-refractivity contribution in [1.29, 1.82) is 0 Å². The number of hydrogen-bond donors (Lipinski definition) is 1. The second kappa shape index (κ2) is 6.75. The lowest BCUT2D eigenvalue weighted by Crippen LogP contribution is -2.47. The average Bonchev–Trinajstić information content (AvgIpc) is 2.97. The van der Waals surface area contributed by atoms with Crippen molar-refractivity contribution in [2.24, 2.45) is 5.92 Å². The fourth-order valence-corrected chi connectivity index (χ4v) is 4.76. The Morgan fingerprint density at radius 3 is 2.58 bits per heavy atom. The number of sulfonamides is 1. The normalized spacial score (nSPS) is 23.6. The lowest BCUT2D eigenvalue weighted by molar-refractivity contribution is -0.187. The van der Waals surface area contributed by atoms with Crippen molar-refractivity contribution < 1.29 is 26.4 Å². The molecular formula is C17H21F3N2O3S. The molecule has 1 heterocycles. The minimum absolute atomic E-state index is 0.0297. The summed E-state index contributed by atoms with van der Waals surface area (Å²) < 4.78 is 64.3. The smallest absolute Gasteiger partial charge is 0.349 e. The molecule has 2 aliphatic rings. The molecule has 2 unspecified atom stereocenters. The quantitative estimate of drug-likeness (QED) is 0.863. The van der Waals surface area contributed by atoms with Gasteiger partial charge in [0.2, 0.25) is 10.0 Å². The highest BCUT2D eigenvalue weighted by Crippen LogP contribution is 2.38. The Labute approximate surface area is 150 Å². The minimum atomic E-state index is -4.33. The molecule has 0 spiro atoms. The molecule has 1 aliphatic carbocycles. The number of anilines is 1. The van der Waals surface area contributed by atoms with Gasteiger partial charge in [0.15, 0.2) is 0 Å². The van der Waals surface area contributed by atoms with Gasteiger partial charge in [-0.15, -0.1) is 0 Å². The molecule has 1 amide bonds. The second-order valence-electron chi connectivity index (χ2n) is 6.94. The summed E-state index contributed by atoms with van der Waals surface area (Å²) in [5.41, 5.74) is 1.49. The third-order valence-corrected chi connectivity index (χ3v) is 6.28. The zero-order valence-electron chi connectivity index (χ0n) is 14.3. The van der Waals surface area contributed by atoms with Crippen molar-refractivity contribution in [3.8, 4) is 0 Å². The van der Waals surface area contributed by atoms with Gasteiger partial charge in [-0.3, -0.25) is 9.10 Å². The summed E-state index contributed by atoms with van der Waals surface area (Å²) >= 11 is 0. The first-order chi connectivity index (χ1) is 12.1. The maximum Gasteiger partial charge on any atom is 0.393 e. The monoisotopic (exact) mass is 390 g/mol. The standard InChI is InChI=1S/C17H21F3N2O3S/c1-26(24,25)22-9-8-11-10-12(6-7-15(11)22)16(23)21-14-5-3-2-4-13(14)17(18,19)20/h6-7,10,13-14H,2-5,8-9H2,1H3,(H,21,23). The van der Waals surface area contributed by atoms with Gasteiger partial charge in [0.05, 0.1) is 17.9 Å². The van der Waals surface area contributed by atoms with Crippen LogP contribution >= 0.6 is 0 Å². The van der Waals surface area contributed by atoms with E-state index in [9.17, 15) is 26.4 Å². The molecule has 1 saturated carbocycles. The zero-order chi connectivity index (χ0) is 19.1. The van der Waals surface area contributed by atoms with Gasteiger partial charge in [-0.1, -0.05) is 12.8 Å². The van der Waals surface area contributed by atoms with Gasteiger partial charge in [-0.25, -0.2) is 8.42 Å². The minimum Gasteiger partial charge on any atom is -0.349 e. The number of rotatable bonds is 3. The van der Waals surface area contributed by atoms with E-state index in [1.807, 2.05) is 0 Å². The summed E-state index contributed by atoms with van der Waals surface area (Å²) in [6, 6.07) is 3.65. The molecular weight excluding hydrogens is 369 g/mol. The Balaban J connectivity index is 1.77. The molecule has 2 atom stereocenters. The van der Waals surface area contributed by atoms with Crippen LogP contribution in [0, 0.1) is 5.92 Å². The van der Waals surface area contributed by atoms with Crippen LogP contribution in [0.1, 0.15) is 41.6 Å². The molecule has 0 radical (unpaired) electrons. The number of fused-ring (bicyclic) bond motifs is 1. The van der Waals surface area contributed by atoms with Crippen molar-refractivity contribution in [1.82, 2.24) is 5.32 Å². The number of amides is 1. The van der Waals surface area contributed by atoms with Gasteiger partial charge in [0.1, 0.15) is 0 Å². The molecule has 9 heteroatoms. The third kappa shape index (κ3) is 3.82. The van der Waals surface area contributed by atoms with E-state index in [0.29, 0.717) is 43.5 Å². The van der Waals surface area contributed by atoms with E-state index in [1.54, 1.807) is 12.1 Å². The van der Waals surface area contributed by atoms with Crippen LogP contribution < -0.4 is 9.62 Å². The number of nitrogens with one attached hydrogen (secondary N) is 1. The number of alkyl halides is 3. The molecule has 1 aromatic carbocycles. The van der Waals surface area contributed by atoms with Crippen LogP contribution in [-0.2, 0) is 16.4 Å². The Hall–Kier alpha value is -1.77. The zero-order valence-corrected chi connectivity index (χ0v) is 15.2. The van der Waals surface area contributed by atoms with Gasteiger partial charge >= 0.3 is 6.18 Å². The number of hydrogen-bond acceptors (Lipinski definition) is 3. The maximum absolute atomic E-state index is 13.2. The molecule has 1 aromatic rings. The van der Waals surface area contributed by atoms with Gasteiger partial charge < -0.3 is 5.32 Å². The largest absolute Gasteiger partial charge is 0.393 e. The molecule has 3 rings (SSSR count). The van der Waals surface area contributed by atoms with Crippen LogP contribution in [0.5, 0.6) is 0 Å². The number of halogens is 3. The molecule has 0 bridgehead atoms. The van der Waals surface area contributed by atoms with Gasteiger partial charge in [-0.2, -0.15) is 13.2 Å². The highest BCUT2D eigenvalue weighted by molar-refractivity contribution is 7.92. The molecule has 1 N–H and O–H groups in total. The Bertz CT molecular complexity index is 808. The average molecular weight is 390 g/mol. The van der Waals surface area contributed by atoms with Crippen molar-refractivity contribution in [3.63, 3.8) is 0 Å². The summed E-state index contributed by atoms with van der Waals surface area (Å²) in [4.78, 5) is 12.5. The third-order valence-electron chi connectivity index (χ3n) is 5.10.